The van der Waals surface area contributed by atoms with E-state index in [0.717, 1.165) is 5.56 Å². The molecule has 1 aromatic carbocycles. The lowest BCUT2D eigenvalue weighted by molar-refractivity contribution is -0.163. The number of carboxylic acids is 1. The number of ether oxygens (including phenoxy) is 1. The largest absolute Gasteiger partial charge is 0.481 e. The van der Waals surface area contributed by atoms with E-state index in [2.05, 4.69) is 10.1 Å². The summed E-state index contributed by atoms with van der Waals surface area (Å²) in [5, 5.41) is 24.4. The predicted octanol–water partition coefficient (Wildman–Crippen LogP) is 1.14. The Labute approximate surface area is 157 Å². The van der Waals surface area contributed by atoms with Crippen molar-refractivity contribution in [1.29, 1.82) is 0 Å². The predicted molar refractivity (Wildman–Crippen MR) is 96.0 cm³/mol. The number of carbonyl (C=O) groups is 1. The van der Waals surface area contributed by atoms with Gasteiger partial charge in [0.05, 0.1) is 19.3 Å². The lowest BCUT2D eigenvalue weighted by atomic mass is 9.73. The number of piperidine rings is 1. The lowest BCUT2D eigenvalue weighted by Gasteiger charge is -2.43. The summed E-state index contributed by atoms with van der Waals surface area (Å²) in [7, 11) is 1.61. The van der Waals surface area contributed by atoms with E-state index in [1.807, 2.05) is 35.2 Å². The molecule has 146 valence electrons. The van der Waals surface area contributed by atoms with Gasteiger partial charge < -0.3 is 19.5 Å². The molecule has 0 radical (unpaired) electrons. The van der Waals surface area contributed by atoms with Crippen molar-refractivity contribution in [2.75, 3.05) is 26.8 Å². The average molecular weight is 375 g/mol. The Kier molecular flexibility index (Phi) is 6.20. The number of aliphatic hydroxyl groups is 1. The van der Waals surface area contributed by atoms with Crippen LogP contribution in [0.2, 0.25) is 0 Å². The van der Waals surface area contributed by atoms with Crippen LogP contribution in [-0.2, 0) is 28.9 Å². The van der Waals surface area contributed by atoms with Crippen LogP contribution in [0.4, 0.5) is 0 Å². The summed E-state index contributed by atoms with van der Waals surface area (Å²) in [6.45, 7) is 1.65. The van der Waals surface area contributed by atoms with E-state index in [4.69, 9.17) is 9.26 Å². The van der Waals surface area contributed by atoms with E-state index in [1.54, 1.807) is 7.11 Å². The highest BCUT2D eigenvalue weighted by Gasteiger charge is 2.49. The highest BCUT2D eigenvalue weighted by Crippen LogP contribution is 2.35. The molecule has 1 aliphatic heterocycles. The smallest absolute Gasteiger partial charge is 0.313 e. The molecule has 8 nitrogen and oxygen atoms in total. The Morgan fingerprint density at radius 1 is 1.41 bits per heavy atom. The first-order valence-electron chi connectivity index (χ1n) is 9.01. The van der Waals surface area contributed by atoms with E-state index in [0.29, 0.717) is 44.3 Å². The molecule has 0 unspecified atom stereocenters. The van der Waals surface area contributed by atoms with Crippen LogP contribution in [0.1, 0.15) is 23.7 Å². The highest BCUT2D eigenvalue weighted by atomic mass is 16.5. The van der Waals surface area contributed by atoms with Gasteiger partial charge >= 0.3 is 5.97 Å². The van der Waals surface area contributed by atoms with Crippen molar-refractivity contribution < 1.29 is 24.3 Å². The van der Waals surface area contributed by atoms with Crippen molar-refractivity contribution in [3.8, 4) is 0 Å². The van der Waals surface area contributed by atoms with E-state index < -0.39 is 17.5 Å². The molecule has 2 atom stereocenters. The molecule has 1 fully saturated rings. The van der Waals surface area contributed by atoms with Crippen molar-refractivity contribution in [3.05, 3.63) is 47.6 Å². The van der Waals surface area contributed by atoms with Gasteiger partial charge in [-0.25, -0.2) is 0 Å². The van der Waals surface area contributed by atoms with Gasteiger partial charge in [-0.3, -0.25) is 9.69 Å². The van der Waals surface area contributed by atoms with Crippen molar-refractivity contribution in [1.82, 2.24) is 15.0 Å². The van der Waals surface area contributed by atoms with E-state index >= 15 is 0 Å². The Morgan fingerprint density at radius 2 is 2.19 bits per heavy atom. The second-order valence-electron chi connectivity index (χ2n) is 6.99. The van der Waals surface area contributed by atoms with Crippen LogP contribution in [0.15, 0.2) is 34.9 Å². The summed E-state index contributed by atoms with van der Waals surface area (Å²) in [6.07, 6.45) is 0.297. The highest BCUT2D eigenvalue weighted by molar-refractivity contribution is 5.76. The van der Waals surface area contributed by atoms with Gasteiger partial charge in [0, 0.05) is 26.6 Å². The fraction of sp³-hybridized carbons (Fsp3) is 0.526. The summed E-state index contributed by atoms with van der Waals surface area (Å²) < 4.78 is 10.3. The number of benzene rings is 1. The first kappa shape index (κ1) is 19.5. The molecule has 3 rings (SSSR count). The Balaban J connectivity index is 1.73. The monoisotopic (exact) mass is 375 g/mol. The zero-order valence-electron chi connectivity index (χ0n) is 15.4. The van der Waals surface area contributed by atoms with Crippen molar-refractivity contribution in [2.45, 2.75) is 31.9 Å². The van der Waals surface area contributed by atoms with Gasteiger partial charge in [0.25, 0.3) is 0 Å². The average Bonchev–Trinajstić information content (AvgIpc) is 3.10. The number of carboxylic acid groups (broad SMARTS) is 1. The summed E-state index contributed by atoms with van der Waals surface area (Å²) in [6, 6.07) is 9.40. The molecule has 2 heterocycles. The van der Waals surface area contributed by atoms with Crippen LogP contribution in [-0.4, -0.2) is 64.1 Å². The third-order valence-corrected chi connectivity index (χ3v) is 5.05. The Hall–Kier alpha value is -2.29. The first-order valence-corrected chi connectivity index (χ1v) is 9.01. The van der Waals surface area contributed by atoms with Crippen molar-refractivity contribution in [3.63, 3.8) is 0 Å². The fourth-order valence-corrected chi connectivity index (χ4v) is 3.56. The standard InChI is InChI=1S/C19H25N3O5/c1-26-10-8-16-20-17(27-21-16)12-22-9-7-15(23)19(13-22,18(24)25)11-14-5-3-2-4-6-14/h2-6,15,23H,7-13H2,1H3,(H,24,25)/t15-,19-/m0/s1. The minimum absolute atomic E-state index is 0.216. The summed E-state index contributed by atoms with van der Waals surface area (Å²) >= 11 is 0. The van der Waals surface area contributed by atoms with Crippen molar-refractivity contribution >= 4 is 5.97 Å². The minimum atomic E-state index is -1.27. The SMILES string of the molecule is COCCc1noc(CN2CC[C@H](O)[C@@](Cc3ccccc3)(C(=O)O)C2)n1. The summed E-state index contributed by atoms with van der Waals surface area (Å²) in [5.41, 5.74) is -0.376. The third kappa shape index (κ3) is 4.52. The van der Waals surface area contributed by atoms with Gasteiger partial charge in [-0.2, -0.15) is 4.98 Å². The van der Waals surface area contributed by atoms with Crippen LogP contribution < -0.4 is 0 Å². The van der Waals surface area contributed by atoms with Crippen LogP contribution in [0.5, 0.6) is 0 Å². The number of aliphatic hydroxyl groups excluding tert-OH is 1. The maximum Gasteiger partial charge on any atom is 0.313 e. The summed E-state index contributed by atoms with van der Waals surface area (Å²) in [4.78, 5) is 18.4. The zero-order chi connectivity index (χ0) is 19.3. The van der Waals surface area contributed by atoms with Crippen molar-refractivity contribution in [2.24, 2.45) is 5.41 Å². The molecular formula is C19H25N3O5. The van der Waals surface area contributed by atoms with Crippen LogP contribution in [0.3, 0.4) is 0 Å². The number of nitrogens with zero attached hydrogens (tertiary/aromatic N) is 3. The molecule has 0 saturated carbocycles. The molecule has 2 aromatic rings. The fourth-order valence-electron chi connectivity index (χ4n) is 3.56. The topological polar surface area (TPSA) is 109 Å². The third-order valence-electron chi connectivity index (χ3n) is 5.05. The Bertz CT molecular complexity index is 751. The van der Waals surface area contributed by atoms with Gasteiger partial charge in [-0.05, 0) is 18.4 Å². The van der Waals surface area contributed by atoms with E-state index in [-0.39, 0.29) is 13.0 Å². The number of rotatable bonds is 8. The molecule has 1 aliphatic rings. The number of hydrogen-bond acceptors (Lipinski definition) is 7. The number of hydrogen-bond donors (Lipinski definition) is 2. The van der Waals surface area contributed by atoms with Crippen LogP contribution in [0, 0.1) is 5.41 Å². The molecule has 1 saturated heterocycles. The molecule has 0 bridgehead atoms. The lowest BCUT2D eigenvalue weighted by Crippen LogP contribution is -2.56. The van der Waals surface area contributed by atoms with E-state index in [1.165, 1.54) is 0 Å². The van der Waals surface area contributed by atoms with Gasteiger partial charge in [0.2, 0.25) is 5.89 Å². The maximum absolute atomic E-state index is 12.2. The molecule has 0 spiro atoms. The van der Waals surface area contributed by atoms with Gasteiger partial charge in [-0.15, -0.1) is 0 Å². The van der Waals surface area contributed by atoms with Gasteiger partial charge in [0.15, 0.2) is 5.82 Å². The second kappa shape index (κ2) is 8.60. The molecule has 8 heteroatoms. The number of likely N-dealkylation sites (tertiary alicyclic amines) is 1. The van der Waals surface area contributed by atoms with Crippen LogP contribution in [0.25, 0.3) is 0 Å². The van der Waals surface area contributed by atoms with Crippen LogP contribution >= 0.6 is 0 Å². The van der Waals surface area contributed by atoms with Gasteiger partial charge in [0.1, 0.15) is 5.41 Å². The zero-order valence-corrected chi connectivity index (χ0v) is 15.4. The molecule has 1 aromatic heterocycles. The molecular weight excluding hydrogens is 350 g/mol. The molecule has 2 N–H and O–H groups in total. The first-order chi connectivity index (χ1) is 13.0. The minimum Gasteiger partial charge on any atom is -0.481 e. The molecule has 27 heavy (non-hydrogen) atoms. The number of methoxy groups -OCH3 is 1. The normalized spacial score (nSPS) is 23.4. The molecule has 0 aliphatic carbocycles. The quantitative estimate of drug-likeness (QED) is 0.707. The maximum atomic E-state index is 12.2. The molecule has 0 amide bonds. The summed E-state index contributed by atoms with van der Waals surface area (Å²) in [5.74, 6) is 0.0176. The van der Waals surface area contributed by atoms with Gasteiger partial charge in [-0.1, -0.05) is 35.5 Å². The number of aromatic nitrogens is 2. The number of aliphatic carboxylic acids is 1. The second-order valence-corrected chi connectivity index (χ2v) is 6.99. The Morgan fingerprint density at radius 3 is 2.89 bits per heavy atom. The van der Waals surface area contributed by atoms with E-state index in [9.17, 15) is 15.0 Å².